The maximum Gasteiger partial charge on any atom is 0.329 e. The fraction of sp³-hybridized carbons (Fsp3) is 0.652. The van der Waals surface area contributed by atoms with Crippen LogP contribution in [0.25, 0.3) is 0 Å². The van der Waals surface area contributed by atoms with Crippen LogP contribution in [0.4, 0.5) is 0 Å². The van der Waals surface area contributed by atoms with Gasteiger partial charge in [0.1, 0.15) is 6.10 Å². The number of benzene rings is 1. The highest BCUT2D eigenvalue weighted by Crippen LogP contribution is 2.17. The lowest BCUT2D eigenvalue weighted by atomic mass is 10.0. The van der Waals surface area contributed by atoms with Crippen LogP contribution >= 0.6 is 0 Å². The van der Waals surface area contributed by atoms with E-state index in [1.807, 2.05) is 0 Å². The molecule has 0 spiro atoms. The number of aliphatic hydroxyl groups excluding tert-OH is 1. The summed E-state index contributed by atoms with van der Waals surface area (Å²) in [6.45, 7) is 2.23. The zero-order chi connectivity index (χ0) is 20.6. The normalized spacial score (nSPS) is 13.1. The number of amides is 1. The van der Waals surface area contributed by atoms with Gasteiger partial charge >= 0.3 is 5.97 Å². The minimum atomic E-state index is -1.33. The van der Waals surface area contributed by atoms with Crippen molar-refractivity contribution < 1.29 is 19.8 Å². The molecular weight excluding hydrogens is 354 g/mol. The molecule has 2 atom stereocenters. The van der Waals surface area contributed by atoms with Gasteiger partial charge in [0.15, 0.2) is 6.04 Å². The van der Waals surface area contributed by atoms with E-state index in [1.165, 1.54) is 51.4 Å². The maximum atomic E-state index is 12.1. The van der Waals surface area contributed by atoms with E-state index in [9.17, 15) is 19.8 Å². The molecule has 1 aromatic rings. The summed E-state index contributed by atoms with van der Waals surface area (Å²) in [6.07, 6.45) is 12.2. The lowest BCUT2D eigenvalue weighted by molar-refractivity contribution is -0.145. The van der Waals surface area contributed by atoms with Gasteiger partial charge in [-0.3, -0.25) is 4.79 Å². The summed E-state index contributed by atoms with van der Waals surface area (Å²) in [4.78, 5) is 23.5. The van der Waals surface area contributed by atoms with Gasteiger partial charge in [0.05, 0.1) is 0 Å². The molecule has 0 radical (unpaired) electrons. The molecule has 0 saturated heterocycles. The summed E-state index contributed by atoms with van der Waals surface area (Å²) < 4.78 is 0. The molecule has 28 heavy (non-hydrogen) atoms. The van der Waals surface area contributed by atoms with E-state index < -0.39 is 18.1 Å². The Morgan fingerprint density at radius 3 is 1.86 bits per heavy atom. The Morgan fingerprint density at radius 2 is 1.36 bits per heavy atom. The van der Waals surface area contributed by atoms with Gasteiger partial charge in [-0.25, -0.2) is 4.79 Å². The molecule has 0 aromatic heterocycles. The summed E-state index contributed by atoms with van der Waals surface area (Å²) in [6, 6.07) is 7.21. The van der Waals surface area contributed by atoms with Gasteiger partial charge < -0.3 is 15.5 Å². The molecule has 1 rings (SSSR count). The second-order valence-electron chi connectivity index (χ2n) is 7.52. The molecule has 0 fully saturated rings. The van der Waals surface area contributed by atoms with E-state index in [4.69, 9.17) is 0 Å². The van der Waals surface area contributed by atoms with Crippen LogP contribution < -0.4 is 5.32 Å². The fourth-order valence-electron chi connectivity index (χ4n) is 3.31. The van der Waals surface area contributed by atoms with Gasteiger partial charge in [0, 0.05) is 6.42 Å². The Hall–Kier alpha value is -1.88. The molecule has 0 unspecified atom stereocenters. The quantitative estimate of drug-likeness (QED) is 0.346. The largest absolute Gasteiger partial charge is 0.480 e. The first-order valence-electron chi connectivity index (χ1n) is 10.8. The zero-order valence-electron chi connectivity index (χ0n) is 17.2. The van der Waals surface area contributed by atoms with Crippen LogP contribution in [-0.4, -0.2) is 28.1 Å². The number of aliphatic hydroxyl groups is 1. The van der Waals surface area contributed by atoms with Crippen molar-refractivity contribution in [1.82, 2.24) is 5.32 Å². The number of carbonyl (C=O) groups excluding carboxylic acids is 1. The Morgan fingerprint density at radius 1 is 0.857 bits per heavy atom. The molecule has 158 valence electrons. The molecular formula is C23H37NO4. The van der Waals surface area contributed by atoms with Crippen molar-refractivity contribution in [3.05, 3.63) is 35.9 Å². The van der Waals surface area contributed by atoms with Crippen molar-refractivity contribution in [1.29, 1.82) is 0 Å². The number of aliphatic carboxylic acids is 1. The fourth-order valence-corrected chi connectivity index (χ4v) is 3.31. The molecule has 1 amide bonds. The lowest BCUT2D eigenvalue weighted by Crippen LogP contribution is -2.44. The molecule has 1 aromatic carbocycles. The van der Waals surface area contributed by atoms with Gasteiger partial charge in [0.25, 0.3) is 0 Å². The highest BCUT2D eigenvalue weighted by Gasteiger charge is 2.29. The first-order valence-corrected chi connectivity index (χ1v) is 10.8. The van der Waals surface area contributed by atoms with Crippen LogP contribution in [-0.2, 0) is 9.59 Å². The maximum absolute atomic E-state index is 12.1. The Bertz CT molecular complexity index is 547. The van der Waals surface area contributed by atoms with E-state index in [0.29, 0.717) is 12.0 Å². The lowest BCUT2D eigenvalue weighted by Gasteiger charge is -2.20. The third-order valence-electron chi connectivity index (χ3n) is 5.05. The number of nitrogens with one attached hydrogen (secondary N) is 1. The first-order chi connectivity index (χ1) is 13.6. The Balaban J connectivity index is 2.16. The van der Waals surface area contributed by atoms with Gasteiger partial charge in [-0.15, -0.1) is 0 Å². The van der Waals surface area contributed by atoms with Gasteiger partial charge in [-0.05, 0) is 12.0 Å². The third kappa shape index (κ3) is 10.5. The Labute approximate surface area is 169 Å². The van der Waals surface area contributed by atoms with Crippen molar-refractivity contribution in [2.24, 2.45) is 0 Å². The van der Waals surface area contributed by atoms with E-state index in [-0.39, 0.29) is 5.91 Å². The predicted octanol–water partition coefficient (Wildman–Crippen LogP) is 4.99. The van der Waals surface area contributed by atoms with Crippen molar-refractivity contribution in [3.8, 4) is 0 Å². The van der Waals surface area contributed by atoms with Crippen LogP contribution in [0.15, 0.2) is 30.3 Å². The number of unbranched alkanes of at least 4 members (excludes halogenated alkanes) is 10. The van der Waals surface area contributed by atoms with E-state index in [0.717, 1.165) is 19.3 Å². The highest BCUT2D eigenvalue weighted by molar-refractivity contribution is 5.84. The average Bonchev–Trinajstić information content (AvgIpc) is 2.70. The number of hydrogen-bond donors (Lipinski definition) is 3. The smallest absolute Gasteiger partial charge is 0.329 e. The minimum Gasteiger partial charge on any atom is -0.480 e. The summed E-state index contributed by atoms with van der Waals surface area (Å²) in [5.41, 5.74) is 0.477. The first kappa shape index (κ1) is 24.2. The van der Waals surface area contributed by atoms with Crippen molar-refractivity contribution in [2.75, 3.05) is 0 Å². The van der Waals surface area contributed by atoms with Crippen molar-refractivity contribution >= 4 is 11.9 Å². The zero-order valence-corrected chi connectivity index (χ0v) is 17.2. The van der Waals surface area contributed by atoms with E-state index in [1.54, 1.807) is 30.3 Å². The van der Waals surface area contributed by atoms with Crippen LogP contribution in [0, 0.1) is 0 Å². The number of carboxylic acid groups (broad SMARTS) is 1. The topological polar surface area (TPSA) is 86.6 Å². The second kappa shape index (κ2) is 15.1. The van der Waals surface area contributed by atoms with Crippen molar-refractivity contribution in [2.45, 2.75) is 96.1 Å². The van der Waals surface area contributed by atoms with E-state index in [2.05, 4.69) is 12.2 Å². The van der Waals surface area contributed by atoms with Gasteiger partial charge in [-0.1, -0.05) is 101 Å². The summed E-state index contributed by atoms with van der Waals surface area (Å²) >= 11 is 0. The number of rotatable bonds is 16. The van der Waals surface area contributed by atoms with Crippen LogP contribution in [0.5, 0.6) is 0 Å². The molecule has 3 N–H and O–H groups in total. The summed E-state index contributed by atoms with van der Waals surface area (Å²) in [5, 5.41) is 22.1. The molecule has 0 bridgehead atoms. The minimum absolute atomic E-state index is 0.294. The molecule has 0 saturated carbocycles. The van der Waals surface area contributed by atoms with Crippen LogP contribution in [0.3, 0.4) is 0 Å². The highest BCUT2D eigenvalue weighted by atomic mass is 16.4. The molecule has 5 heteroatoms. The summed E-state index contributed by atoms with van der Waals surface area (Å²) in [5.74, 6) is -1.55. The molecule has 5 nitrogen and oxygen atoms in total. The standard InChI is InChI=1S/C23H37NO4/c1-2-3-4-5-6-7-8-9-10-11-15-18-20(25)24-21(23(27)28)22(26)19-16-13-12-14-17-19/h12-14,16-17,21-22,26H,2-11,15,18H2,1H3,(H,24,25)(H,27,28)/t21-,22-/m0/s1. The average molecular weight is 392 g/mol. The number of carbonyl (C=O) groups is 2. The van der Waals surface area contributed by atoms with Crippen LogP contribution in [0.1, 0.15) is 95.6 Å². The Kier molecular flexibility index (Phi) is 13.0. The monoisotopic (exact) mass is 391 g/mol. The number of carboxylic acids is 1. The second-order valence-corrected chi connectivity index (χ2v) is 7.52. The molecule has 0 aliphatic carbocycles. The number of hydrogen-bond acceptors (Lipinski definition) is 3. The van der Waals surface area contributed by atoms with Crippen molar-refractivity contribution in [3.63, 3.8) is 0 Å². The van der Waals surface area contributed by atoms with Gasteiger partial charge in [-0.2, -0.15) is 0 Å². The molecule has 0 heterocycles. The van der Waals surface area contributed by atoms with Gasteiger partial charge in [0.2, 0.25) is 5.91 Å². The molecule has 0 aliphatic rings. The predicted molar refractivity (Wildman–Crippen MR) is 112 cm³/mol. The third-order valence-corrected chi connectivity index (χ3v) is 5.05. The molecule has 0 aliphatic heterocycles. The SMILES string of the molecule is CCCCCCCCCCCCCC(=O)N[C@H](C(=O)O)[C@@H](O)c1ccccc1. The summed E-state index contributed by atoms with van der Waals surface area (Å²) in [7, 11) is 0. The van der Waals surface area contributed by atoms with E-state index >= 15 is 0 Å². The van der Waals surface area contributed by atoms with Crippen LogP contribution in [0.2, 0.25) is 0 Å².